The molecule has 0 radical (unpaired) electrons. The van der Waals surface area contributed by atoms with Gasteiger partial charge in [-0.15, -0.1) is 11.3 Å². The average molecular weight is 399 g/mol. The van der Waals surface area contributed by atoms with E-state index in [-0.39, 0.29) is 24.4 Å². The summed E-state index contributed by atoms with van der Waals surface area (Å²) in [6.45, 7) is 3.12. The van der Waals surface area contributed by atoms with Crippen molar-refractivity contribution < 1.29 is 9.59 Å². The van der Waals surface area contributed by atoms with E-state index in [4.69, 9.17) is 0 Å². The van der Waals surface area contributed by atoms with Gasteiger partial charge in [0.05, 0.1) is 0 Å². The molecule has 3 N–H and O–H groups in total. The molecule has 6 nitrogen and oxygen atoms in total. The second-order valence-corrected chi connectivity index (χ2v) is 7.73. The number of fused-ring (bicyclic) bond motifs is 1. The molecule has 3 aromatic rings. The van der Waals surface area contributed by atoms with Crippen LogP contribution in [0.2, 0.25) is 0 Å². The maximum atomic E-state index is 12.5. The number of thiophene rings is 1. The van der Waals surface area contributed by atoms with E-state index in [1.54, 1.807) is 18.4 Å². The molecule has 0 aliphatic rings. The number of hydrogen-bond donors (Lipinski definition) is 3. The summed E-state index contributed by atoms with van der Waals surface area (Å²) >= 11 is 1.67. The van der Waals surface area contributed by atoms with Crippen LogP contribution in [0.25, 0.3) is 10.9 Å². The smallest absolute Gasteiger partial charge is 0.317 e. The summed E-state index contributed by atoms with van der Waals surface area (Å²) < 4.78 is 0. The Bertz CT molecular complexity index is 920. The summed E-state index contributed by atoms with van der Waals surface area (Å²) in [6.07, 6.45) is 2.89. The highest BCUT2D eigenvalue weighted by Gasteiger charge is 2.21. The molecule has 0 aliphatic heterocycles. The largest absolute Gasteiger partial charge is 0.361 e. The third-order valence-electron chi connectivity index (χ3n) is 4.64. The topological polar surface area (TPSA) is 77.2 Å². The first-order valence-corrected chi connectivity index (χ1v) is 10.3. The molecule has 28 heavy (non-hydrogen) atoms. The Morgan fingerprint density at radius 2 is 2.00 bits per heavy atom. The van der Waals surface area contributed by atoms with Gasteiger partial charge in [0.15, 0.2) is 0 Å². The Labute approximate surface area is 168 Å². The molecule has 7 heteroatoms. The number of nitrogens with zero attached hydrogens (tertiary/aromatic N) is 1. The lowest BCUT2D eigenvalue weighted by Gasteiger charge is -2.21. The Morgan fingerprint density at radius 1 is 1.18 bits per heavy atom. The van der Waals surface area contributed by atoms with Gasteiger partial charge in [0.1, 0.15) is 6.54 Å². The van der Waals surface area contributed by atoms with Crippen LogP contribution < -0.4 is 10.6 Å². The predicted molar refractivity (Wildman–Crippen MR) is 114 cm³/mol. The van der Waals surface area contributed by atoms with Crippen molar-refractivity contribution in [2.45, 2.75) is 19.3 Å². The van der Waals surface area contributed by atoms with Crippen LogP contribution in [0.3, 0.4) is 0 Å². The highest BCUT2D eigenvalue weighted by molar-refractivity contribution is 7.10. The van der Waals surface area contributed by atoms with Gasteiger partial charge in [0.25, 0.3) is 0 Å². The van der Waals surface area contributed by atoms with Crippen LogP contribution in [0.4, 0.5) is 4.79 Å². The van der Waals surface area contributed by atoms with Gasteiger partial charge in [-0.25, -0.2) is 4.79 Å². The van der Waals surface area contributed by atoms with E-state index in [0.717, 1.165) is 22.9 Å². The Hall–Kier alpha value is -2.80. The second-order valence-electron chi connectivity index (χ2n) is 6.75. The highest BCUT2D eigenvalue weighted by atomic mass is 32.1. The number of H-pyrrole nitrogens is 1. The lowest BCUT2D eigenvalue weighted by atomic mass is 9.97. The fraction of sp³-hybridized carbons (Fsp3) is 0.333. The van der Waals surface area contributed by atoms with Crippen molar-refractivity contribution in [3.63, 3.8) is 0 Å². The normalized spacial score (nSPS) is 11.9. The van der Waals surface area contributed by atoms with Crippen LogP contribution in [0.5, 0.6) is 0 Å². The fourth-order valence-corrected chi connectivity index (χ4v) is 4.01. The quantitative estimate of drug-likeness (QED) is 0.543. The average Bonchev–Trinajstić information content (AvgIpc) is 3.37. The van der Waals surface area contributed by atoms with Gasteiger partial charge in [-0.3, -0.25) is 4.79 Å². The molecule has 0 aliphatic carbocycles. The van der Waals surface area contributed by atoms with Gasteiger partial charge in [-0.05, 0) is 29.5 Å². The fourth-order valence-electron chi connectivity index (χ4n) is 3.17. The number of benzene rings is 1. The van der Waals surface area contributed by atoms with Crippen molar-refractivity contribution in [2.24, 2.45) is 0 Å². The Kier molecular flexibility index (Phi) is 6.71. The standard InChI is InChI=1S/C21H26N4O2S/c1-3-10-22-20(26)14-25(2)21(27)24-13-17(19-9-6-11-28-19)16-12-23-18-8-5-4-7-15(16)18/h4-9,11-12,17,23H,3,10,13-14H2,1-2H3,(H,22,26)(H,24,27)/t17-/m0/s1. The highest BCUT2D eigenvalue weighted by Crippen LogP contribution is 2.32. The minimum Gasteiger partial charge on any atom is -0.361 e. The van der Waals surface area contributed by atoms with Gasteiger partial charge in [-0.2, -0.15) is 0 Å². The van der Waals surface area contributed by atoms with E-state index in [9.17, 15) is 9.59 Å². The predicted octanol–water partition coefficient (Wildman–Crippen LogP) is 3.53. The second kappa shape index (κ2) is 9.41. The molecule has 0 bridgehead atoms. The summed E-state index contributed by atoms with van der Waals surface area (Å²) in [6, 6.07) is 12.0. The van der Waals surface area contributed by atoms with E-state index in [2.05, 4.69) is 27.8 Å². The van der Waals surface area contributed by atoms with E-state index >= 15 is 0 Å². The number of amides is 3. The summed E-state index contributed by atoms with van der Waals surface area (Å²) in [7, 11) is 1.63. The number of hydrogen-bond acceptors (Lipinski definition) is 3. The van der Waals surface area contributed by atoms with Crippen LogP contribution in [-0.4, -0.2) is 48.5 Å². The van der Waals surface area contributed by atoms with E-state index in [1.807, 2.05) is 42.8 Å². The molecule has 1 atom stereocenters. The van der Waals surface area contributed by atoms with Gasteiger partial charge >= 0.3 is 6.03 Å². The summed E-state index contributed by atoms with van der Waals surface area (Å²) in [5.41, 5.74) is 2.23. The van der Waals surface area contributed by atoms with E-state index in [1.165, 1.54) is 9.78 Å². The molecular weight excluding hydrogens is 372 g/mol. The number of nitrogens with one attached hydrogen (secondary N) is 3. The first-order chi connectivity index (χ1) is 13.6. The van der Waals surface area contributed by atoms with Crippen molar-refractivity contribution >= 4 is 34.2 Å². The molecule has 3 rings (SSSR count). The molecule has 2 heterocycles. The van der Waals surface area contributed by atoms with Gasteiger partial charge in [0.2, 0.25) is 5.91 Å². The molecule has 3 amide bonds. The van der Waals surface area contributed by atoms with E-state index < -0.39 is 0 Å². The molecule has 148 valence electrons. The zero-order chi connectivity index (χ0) is 19.9. The number of aromatic nitrogens is 1. The Balaban J connectivity index is 1.69. The first kappa shape index (κ1) is 19.9. The molecule has 0 saturated heterocycles. The van der Waals surface area contributed by atoms with Crippen LogP contribution >= 0.6 is 11.3 Å². The van der Waals surface area contributed by atoms with Crippen LogP contribution in [0.15, 0.2) is 48.0 Å². The third kappa shape index (κ3) is 4.72. The van der Waals surface area contributed by atoms with Crippen molar-refractivity contribution in [3.8, 4) is 0 Å². The number of aromatic amines is 1. The van der Waals surface area contributed by atoms with Gasteiger partial charge < -0.3 is 20.5 Å². The van der Waals surface area contributed by atoms with Crippen molar-refractivity contribution in [2.75, 3.05) is 26.7 Å². The minimum absolute atomic E-state index is 0.0439. The lowest BCUT2D eigenvalue weighted by Crippen LogP contribution is -2.44. The number of rotatable bonds is 8. The zero-order valence-corrected chi connectivity index (χ0v) is 17.0. The van der Waals surface area contributed by atoms with Crippen LogP contribution in [-0.2, 0) is 4.79 Å². The van der Waals surface area contributed by atoms with Crippen LogP contribution in [0, 0.1) is 0 Å². The van der Waals surface area contributed by atoms with E-state index in [0.29, 0.717) is 13.1 Å². The molecule has 0 unspecified atom stereocenters. The minimum atomic E-state index is -0.256. The molecule has 0 saturated carbocycles. The molecule has 2 aromatic heterocycles. The van der Waals surface area contributed by atoms with Crippen molar-refractivity contribution in [3.05, 3.63) is 58.4 Å². The SMILES string of the molecule is CCCNC(=O)CN(C)C(=O)NC[C@H](c1cccs1)c1c[nH]c2ccccc12. The Morgan fingerprint density at radius 3 is 2.75 bits per heavy atom. The van der Waals surface area contributed by atoms with Gasteiger partial charge in [0, 0.05) is 48.0 Å². The number of urea groups is 1. The summed E-state index contributed by atoms with van der Waals surface area (Å²) in [5, 5.41) is 8.97. The maximum Gasteiger partial charge on any atom is 0.317 e. The van der Waals surface area contributed by atoms with Crippen molar-refractivity contribution in [1.82, 2.24) is 20.5 Å². The third-order valence-corrected chi connectivity index (χ3v) is 5.63. The molecule has 0 spiro atoms. The number of carbonyl (C=O) groups is 2. The number of para-hydroxylation sites is 1. The molecule has 0 fully saturated rings. The molecular formula is C21H26N4O2S. The maximum absolute atomic E-state index is 12.5. The molecule has 1 aromatic carbocycles. The summed E-state index contributed by atoms with van der Waals surface area (Å²) in [5.74, 6) is -0.103. The summed E-state index contributed by atoms with van der Waals surface area (Å²) in [4.78, 5) is 30.2. The number of carbonyl (C=O) groups excluding carboxylic acids is 2. The van der Waals surface area contributed by atoms with Gasteiger partial charge in [-0.1, -0.05) is 31.2 Å². The van der Waals surface area contributed by atoms with Crippen molar-refractivity contribution in [1.29, 1.82) is 0 Å². The zero-order valence-electron chi connectivity index (χ0n) is 16.2. The first-order valence-electron chi connectivity index (χ1n) is 9.45. The lowest BCUT2D eigenvalue weighted by molar-refractivity contribution is -0.121. The number of likely N-dealkylation sites (N-methyl/N-ethyl adjacent to an activating group) is 1. The monoisotopic (exact) mass is 398 g/mol. The van der Waals surface area contributed by atoms with Crippen LogP contribution in [0.1, 0.15) is 29.7 Å².